The number of carbonyl (C=O) groups is 1. The summed E-state index contributed by atoms with van der Waals surface area (Å²) in [5.74, 6) is 2.44. The fourth-order valence-electron chi connectivity index (χ4n) is 3.97. The van der Waals surface area contributed by atoms with E-state index in [2.05, 4.69) is 49.2 Å². The summed E-state index contributed by atoms with van der Waals surface area (Å²) in [6, 6.07) is 14.4. The lowest BCUT2D eigenvalue weighted by molar-refractivity contribution is -0.132. The van der Waals surface area contributed by atoms with Gasteiger partial charge in [0, 0.05) is 19.0 Å². The minimum atomic E-state index is 0.175. The quantitative estimate of drug-likeness (QED) is 0.668. The van der Waals surface area contributed by atoms with E-state index in [1.54, 1.807) is 0 Å². The molecule has 0 unspecified atom stereocenters. The Morgan fingerprint density at radius 2 is 1.93 bits per heavy atom. The van der Waals surface area contributed by atoms with Gasteiger partial charge < -0.3 is 14.6 Å². The summed E-state index contributed by atoms with van der Waals surface area (Å²) in [4.78, 5) is 22.7. The molecule has 1 N–H and O–H groups in total. The Kier molecular flexibility index (Phi) is 5.84. The molecule has 0 atom stereocenters. The smallest absolute Gasteiger partial charge is 0.225 e. The number of aromatic amines is 1. The lowest BCUT2D eigenvalue weighted by Crippen LogP contribution is -2.38. The molecule has 2 aromatic carbocycles. The number of fused-ring (bicyclic) bond motifs is 1. The van der Waals surface area contributed by atoms with Crippen LogP contribution in [-0.2, 0) is 11.2 Å². The molecule has 5 nitrogen and oxygen atoms in total. The Bertz CT molecular complexity index is 969. The van der Waals surface area contributed by atoms with Crippen molar-refractivity contribution < 1.29 is 9.53 Å². The van der Waals surface area contributed by atoms with Gasteiger partial charge >= 0.3 is 0 Å². The molecule has 1 aliphatic rings. The lowest BCUT2D eigenvalue weighted by atomic mass is 9.96. The highest BCUT2D eigenvalue weighted by Crippen LogP contribution is 2.28. The number of hydrogen-bond donors (Lipinski definition) is 1. The molecule has 0 spiro atoms. The van der Waals surface area contributed by atoms with Crippen molar-refractivity contribution in [2.45, 2.75) is 45.4 Å². The van der Waals surface area contributed by atoms with Crippen LogP contribution in [0.25, 0.3) is 11.0 Å². The Labute approximate surface area is 172 Å². The number of carbonyl (C=O) groups excluding carboxylic acids is 1. The van der Waals surface area contributed by atoms with Crippen LogP contribution in [0.4, 0.5) is 0 Å². The van der Waals surface area contributed by atoms with Crippen LogP contribution in [0.3, 0.4) is 0 Å². The zero-order chi connectivity index (χ0) is 20.2. The second kappa shape index (κ2) is 8.68. The predicted molar refractivity (Wildman–Crippen MR) is 115 cm³/mol. The summed E-state index contributed by atoms with van der Waals surface area (Å²) in [6.07, 6.45) is 3.33. The molecule has 1 fully saturated rings. The number of amides is 1. The Hall–Kier alpha value is -2.82. The van der Waals surface area contributed by atoms with E-state index < -0.39 is 0 Å². The van der Waals surface area contributed by atoms with Gasteiger partial charge in [-0.3, -0.25) is 4.79 Å². The third-order valence-corrected chi connectivity index (χ3v) is 5.81. The van der Waals surface area contributed by atoms with Crippen LogP contribution in [0.2, 0.25) is 0 Å². The second-order valence-electron chi connectivity index (χ2n) is 7.89. The third-order valence-electron chi connectivity index (χ3n) is 5.81. The molecular formula is C24H29N3O2. The summed E-state index contributed by atoms with van der Waals surface area (Å²) < 4.78 is 5.74. The van der Waals surface area contributed by atoms with Crippen LogP contribution in [0.1, 0.15) is 49.1 Å². The minimum Gasteiger partial charge on any atom is -0.493 e. The molecule has 0 radical (unpaired) electrons. The number of rotatable bonds is 6. The van der Waals surface area contributed by atoms with Gasteiger partial charge in [-0.1, -0.05) is 25.1 Å². The van der Waals surface area contributed by atoms with Gasteiger partial charge in [0.1, 0.15) is 11.6 Å². The first-order valence-electron chi connectivity index (χ1n) is 10.6. The highest BCUT2D eigenvalue weighted by Gasteiger charge is 2.25. The lowest BCUT2D eigenvalue weighted by Gasteiger charge is -2.31. The monoisotopic (exact) mass is 391 g/mol. The van der Waals surface area contributed by atoms with E-state index in [1.165, 1.54) is 11.1 Å². The SMILES string of the molecule is CCc1ccc(OCCC(=O)N2CCC(c3nc4ccc(C)cc4[nH]3)CC2)cc1. The summed E-state index contributed by atoms with van der Waals surface area (Å²) in [6.45, 7) is 6.21. The van der Waals surface area contributed by atoms with Gasteiger partial charge in [0.05, 0.1) is 24.1 Å². The van der Waals surface area contributed by atoms with E-state index in [0.717, 1.165) is 55.0 Å². The summed E-state index contributed by atoms with van der Waals surface area (Å²) >= 11 is 0. The van der Waals surface area contributed by atoms with Gasteiger partial charge in [0.2, 0.25) is 5.91 Å². The molecule has 1 saturated heterocycles. The van der Waals surface area contributed by atoms with Gasteiger partial charge in [0.15, 0.2) is 0 Å². The molecular weight excluding hydrogens is 362 g/mol. The normalized spacial score (nSPS) is 15.0. The molecule has 0 saturated carbocycles. The molecule has 3 aromatic rings. The highest BCUT2D eigenvalue weighted by molar-refractivity contribution is 5.77. The van der Waals surface area contributed by atoms with Gasteiger partial charge in [-0.25, -0.2) is 4.98 Å². The Balaban J connectivity index is 1.25. The number of ether oxygens (including phenoxy) is 1. The van der Waals surface area contributed by atoms with Crippen LogP contribution < -0.4 is 4.74 Å². The highest BCUT2D eigenvalue weighted by atomic mass is 16.5. The zero-order valence-electron chi connectivity index (χ0n) is 17.3. The van der Waals surface area contributed by atoms with Crippen molar-refractivity contribution in [2.24, 2.45) is 0 Å². The first kappa shape index (κ1) is 19.5. The van der Waals surface area contributed by atoms with E-state index in [4.69, 9.17) is 9.72 Å². The fraction of sp³-hybridized carbons (Fsp3) is 0.417. The van der Waals surface area contributed by atoms with Gasteiger partial charge in [-0.2, -0.15) is 0 Å². The van der Waals surface area contributed by atoms with Crippen LogP contribution in [0.5, 0.6) is 5.75 Å². The van der Waals surface area contributed by atoms with Crippen molar-refractivity contribution in [3.05, 3.63) is 59.4 Å². The molecule has 0 bridgehead atoms. The maximum atomic E-state index is 12.5. The topological polar surface area (TPSA) is 58.2 Å². The number of nitrogens with one attached hydrogen (secondary N) is 1. The number of aromatic nitrogens is 2. The van der Waals surface area contributed by atoms with Crippen LogP contribution in [-0.4, -0.2) is 40.5 Å². The predicted octanol–water partition coefficient (Wildman–Crippen LogP) is 4.61. The molecule has 5 heteroatoms. The third kappa shape index (κ3) is 4.61. The maximum Gasteiger partial charge on any atom is 0.225 e. The van der Waals surface area contributed by atoms with Crippen molar-refractivity contribution in [1.82, 2.24) is 14.9 Å². The van der Waals surface area contributed by atoms with E-state index in [1.807, 2.05) is 17.0 Å². The number of likely N-dealkylation sites (tertiary alicyclic amines) is 1. The van der Waals surface area contributed by atoms with Crippen molar-refractivity contribution in [2.75, 3.05) is 19.7 Å². The standard InChI is InChI=1S/C24H29N3O2/c1-3-18-5-7-20(8-6-18)29-15-12-23(28)27-13-10-19(11-14-27)24-25-21-9-4-17(2)16-22(21)26-24/h4-9,16,19H,3,10-15H2,1-2H3,(H,25,26). The van der Waals surface area contributed by atoms with Crippen molar-refractivity contribution in [3.63, 3.8) is 0 Å². The van der Waals surface area contributed by atoms with Crippen molar-refractivity contribution in [3.8, 4) is 5.75 Å². The molecule has 152 valence electrons. The number of H-pyrrole nitrogens is 1. The van der Waals surface area contributed by atoms with E-state index in [-0.39, 0.29) is 5.91 Å². The second-order valence-corrected chi connectivity index (χ2v) is 7.89. The largest absolute Gasteiger partial charge is 0.493 e. The number of imidazole rings is 1. The maximum absolute atomic E-state index is 12.5. The summed E-state index contributed by atoms with van der Waals surface area (Å²) in [5.41, 5.74) is 4.64. The van der Waals surface area contributed by atoms with Gasteiger partial charge in [-0.15, -0.1) is 0 Å². The Morgan fingerprint density at radius 3 is 2.66 bits per heavy atom. The molecule has 1 aliphatic heterocycles. The van der Waals surface area contributed by atoms with E-state index >= 15 is 0 Å². The van der Waals surface area contributed by atoms with Gasteiger partial charge in [0.25, 0.3) is 0 Å². The van der Waals surface area contributed by atoms with Crippen LogP contribution in [0, 0.1) is 6.92 Å². The molecule has 1 aromatic heterocycles. The number of nitrogens with zero attached hydrogens (tertiary/aromatic N) is 2. The average molecular weight is 392 g/mol. The molecule has 4 rings (SSSR count). The van der Waals surface area contributed by atoms with E-state index in [0.29, 0.717) is 18.9 Å². The van der Waals surface area contributed by atoms with E-state index in [9.17, 15) is 4.79 Å². The number of hydrogen-bond acceptors (Lipinski definition) is 3. The Morgan fingerprint density at radius 1 is 1.17 bits per heavy atom. The average Bonchev–Trinajstić information content (AvgIpc) is 3.17. The zero-order valence-corrected chi connectivity index (χ0v) is 17.3. The molecule has 2 heterocycles. The number of benzene rings is 2. The number of aryl methyl sites for hydroxylation is 2. The summed E-state index contributed by atoms with van der Waals surface area (Å²) in [5, 5.41) is 0. The molecule has 0 aliphatic carbocycles. The molecule has 1 amide bonds. The van der Waals surface area contributed by atoms with Gasteiger partial charge in [-0.05, 0) is 61.6 Å². The first-order valence-corrected chi connectivity index (χ1v) is 10.6. The van der Waals surface area contributed by atoms with Crippen LogP contribution in [0.15, 0.2) is 42.5 Å². The first-order chi connectivity index (χ1) is 14.1. The molecule has 29 heavy (non-hydrogen) atoms. The number of piperidine rings is 1. The van der Waals surface area contributed by atoms with Crippen molar-refractivity contribution in [1.29, 1.82) is 0 Å². The van der Waals surface area contributed by atoms with Crippen LogP contribution >= 0.6 is 0 Å². The fourth-order valence-corrected chi connectivity index (χ4v) is 3.97. The summed E-state index contributed by atoms with van der Waals surface area (Å²) in [7, 11) is 0. The minimum absolute atomic E-state index is 0.175. The van der Waals surface area contributed by atoms with Crippen molar-refractivity contribution >= 4 is 16.9 Å².